The summed E-state index contributed by atoms with van der Waals surface area (Å²) in [5.41, 5.74) is 1.05. The van der Waals surface area contributed by atoms with Crippen LogP contribution in [-0.2, 0) is 0 Å². The van der Waals surface area contributed by atoms with Crippen molar-refractivity contribution in [2.45, 2.75) is 12.8 Å². The molecule has 1 aliphatic rings. The molecule has 3 rings (SSSR count). The van der Waals surface area contributed by atoms with E-state index in [9.17, 15) is 9.18 Å². The first kappa shape index (κ1) is 19.6. The second kappa shape index (κ2) is 9.09. The molecule has 124 valence electrons. The van der Waals surface area contributed by atoms with Crippen molar-refractivity contribution >= 4 is 11.6 Å². The maximum Gasteiger partial charge on any atom is 2.00 e. The Morgan fingerprint density at radius 3 is 2.84 bits per heavy atom. The van der Waals surface area contributed by atoms with Gasteiger partial charge in [0.1, 0.15) is 5.82 Å². The van der Waals surface area contributed by atoms with Crippen molar-refractivity contribution in [1.29, 1.82) is 0 Å². The minimum atomic E-state index is -0.591. The molecule has 1 fully saturated rings. The Kier molecular flexibility index (Phi) is 7.12. The molecule has 0 saturated heterocycles. The van der Waals surface area contributed by atoms with Gasteiger partial charge in [-0.1, -0.05) is 17.5 Å². The smallest absolute Gasteiger partial charge is 0.551 e. The molecule has 3 nitrogen and oxygen atoms in total. The van der Waals surface area contributed by atoms with Gasteiger partial charge in [-0.2, -0.15) is 6.07 Å². The van der Waals surface area contributed by atoms with E-state index in [1.807, 2.05) is 0 Å². The fourth-order valence-corrected chi connectivity index (χ4v) is 2.10. The first-order chi connectivity index (χ1) is 11.7. The third-order valence-corrected chi connectivity index (χ3v) is 3.50. The van der Waals surface area contributed by atoms with Gasteiger partial charge in [0.05, 0.1) is 5.56 Å². The largest absolute Gasteiger partial charge is 2.00 e. The van der Waals surface area contributed by atoms with E-state index < -0.39 is 11.7 Å². The minimum Gasteiger partial charge on any atom is -0.551 e. The van der Waals surface area contributed by atoms with Crippen LogP contribution >= 0.6 is 0 Å². The van der Waals surface area contributed by atoms with Gasteiger partial charge in [0.2, 0.25) is 0 Å². The van der Waals surface area contributed by atoms with Gasteiger partial charge >= 0.3 is 31.1 Å². The van der Waals surface area contributed by atoms with E-state index in [1.165, 1.54) is 12.1 Å². The minimum absolute atomic E-state index is 0. The van der Waals surface area contributed by atoms with Crippen molar-refractivity contribution in [3.63, 3.8) is 0 Å². The zero-order chi connectivity index (χ0) is 16.9. The molecule has 1 N–H and O–H groups in total. The molecule has 0 aromatic heterocycles. The monoisotopic (exact) mass is 559 g/mol. The SMILES string of the molecule is [CH2-]COc1[c-]ccc(NC(=O)c2ccc(C#CC3CC3)cc2F)c1.[U+2]. The number of rotatable bonds is 4. The molecule has 0 atom stereocenters. The Morgan fingerprint density at radius 1 is 1.36 bits per heavy atom. The molecule has 0 bridgehead atoms. The van der Waals surface area contributed by atoms with Crippen LogP contribution in [0, 0.1) is 67.7 Å². The van der Waals surface area contributed by atoms with E-state index in [0.717, 1.165) is 12.8 Å². The fraction of sp³-hybridized carbons (Fsp3) is 0.200. The van der Waals surface area contributed by atoms with Crippen LogP contribution in [0.3, 0.4) is 0 Å². The third-order valence-electron chi connectivity index (χ3n) is 3.50. The first-order valence-corrected chi connectivity index (χ1v) is 7.72. The molecule has 0 heterocycles. The molecular formula is C20H16FNO2U. The van der Waals surface area contributed by atoms with Crippen LogP contribution in [0.15, 0.2) is 36.4 Å². The van der Waals surface area contributed by atoms with Crippen LogP contribution < -0.4 is 10.1 Å². The summed E-state index contributed by atoms with van der Waals surface area (Å²) >= 11 is 0. The molecule has 25 heavy (non-hydrogen) atoms. The molecule has 0 spiro atoms. The number of carbonyl (C=O) groups is 1. The summed E-state index contributed by atoms with van der Waals surface area (Å²) in [6.45, 7) is 3.83. The predicted molar refractivity (Wildman–Crippen MR) is 90.1 cm³/mol. The van der Waals surface area contributed by atoms with Gasteiger partial charge in [0, 0.05) is 17.2 Å². The number of amides is 1. The van der Waals surface area contributed by atoms with Crippen LogP contribution in [0.25, 0.3) is 0 Å². The molecule has 1 saturated carbocycles. The van der Waals surface area contributed by atoms with Gasteiger partial charge in [-0.3, -0.25) is 4.79 Å². The van der Waals surface area contributed by atoms with Gasteiger partial charge in [0.25, 0.3) is 5.91 Å². The van der Waals surface area contributed by atoms with Gasteiger partial charge in [-0.25, -0.2) is 4.39 Å². The van der Waals surface area contributed by atoms with Crippen molar-refractivity contribution in [3.8, 4) is 17.6 Å². The van der Waals surface area contributed by atoms with E-state index in [1.54, 1.807) is 24.3 Å². The number of hydrogen-bond donors (Lipinski definition) is 1. The number of halogens is 1. The number of nitrogens with one attached hydrogen (secondary N) is 1. The van der Waals surface area contributed by atoms with E-state index in [2.05, 4.69) is 30.1 Å². The average Bonchev–Trinajstić information content (AvgIpc) is 3.38. The van der Waals surface area contributed by atoms with E-state index >= 15 is 0 Å². The van der Waals surface area contributed by atoms with Crippen LogP contribution in [0.4, 0.5) is 10.1 Å². The van der Waals surface area contributed by atoms with Crippen molar-refractivity contribution < 1.29 is 45.0 Å². The first-order valence-electron chi connectivity index (χ1n) is 7.72. The second-order valence-electron chi connectivity index (χ2n) is 5.48. The second-order valence-corrected chi connectivity index (χ2v) is 5.48. The molecular weight excluding hydrogens is 543 g/mol. The molecule has 5 heteroatoms. The molecule has 1 aliphatic carbocycles. The van der Waals surface area contributed by atoms with Gasteiger partial charge in [-0.05, 0) is 37.6 Å². The standard InChI is InChI=1S/C20H16FNO2.U/c1-2-24-17-5-3-4-16(13-17)22-20(23)18-11-10-15(12-19(18)21)9-8-14-6-7-14;/h3-4,10-14H,1-2,6-7H2,(H,22,23);/q-2;+2. The van der Waals surface area contributed by atoms with Gasteiger partial charge in [0.15, 0.2) is 0 Å². The Balaban J connectivity index is 0.00000225. The fourth-order valence-electron chi connectivity index (χ4n) is 2.10. The molecule has 0 aliphatic heterocycles. The Bertz CT molecular complexity index is 822. The predicted octanol–water partition coefficient (Wildman–Crippen LogP) is 3.85. The zero-order valence-corrected chi connectivity index (χ0v) is 17.7. The van der Waals surface area contributed by atoms with Gasteiger partial charge in [-0.15, -0.1) is 18.2 Å². The van der Waals surface area contributed by atoms with Crippen LogP contribution in [-0.4, -0.2) is 12.5 Å². The Morgan fingerprint density at radius 2 is 2.16 bits per heavy atom. The van der Waals surface area contributed by atoms with Crippen molar-refractivity contribution in [1.82, 2.24) is 0 Å². The Labute approximate surface area is 170 Å². The number of ether oxygens (including phenoxy) is 1. The Hall–Kier alpha value is -1.75. The molecule has 1 amide bonds. The average molecular weight is 559 g/mol. The number of anilines is 1. The maximum atomic E-state index is 14.2. The summed E-state index contributed by atoms with van der Waals surface area (Å²) in [5, 5.41) is 2.64. The summed E-state index contributed by atoms with van der Waals surface area (Å²) in [6, 6.07) is 12.1. The van der Waals surface area contributed by atoms with E-state index in [0.29, 0.717) is 22.9 Å². The third kappa shape index (κ3) is 5.63. The molecule has 0 radical (unpaired) electrons. The number of hydrogen-bond acceptors (Lipinski definition) is 2. The topological polar surface area (TPSA) is 38.3 Å². The van der Waals surface area contributed by atoms with Gasteiger partial charge < -0.3 is 17.0 Å². The summed E-state index contributed by atoms with van der Waals surface area (Å²) in [4.78, 5) is 12.2. The quantitative estimate of drug-likeness (QED) is 0.457. The van der Waals surface area contributed by atoms with Crippen molar-refractivity contribution in [2.75, 3.05) is 11.9 Å². The number of benzene rings is 2. The summed E-state index contributed by atoms with van der Waals surface area (Å²) in [5.74, 6) is 5.80. The summed E-state index contributed by atoms with van der Waals surface area (Å²) in [7, 11) is 0. The molecule has 2 aromatic carbocycles. The van der Waals surface area contributed by atoms with Crippen LogP contribution in [0.5, 0.6) is 5.75 Å². The zero-order valence-electron chi connectivity index (χ0n) is 13.6. The normalized spacial score (nSPS) is 12.4. The summed E-state index contributed by atoms with van der Waals surface area (Å²) < 4.78 is 19.4. The molecule has 0 unspecified atom stereocenters. The summed E-state index contributed by atoms with van der Waals surface area (Å²) in [6.07, 6.45) is 2.23. The molecule has 2 aromatic rings. The van der Waals surface area contributed by atoms with Crippen molar-refractivity contribution in [3.05, 3.63) is 66.3 Å². The number of carbonyl (C=O) groups excluding carboxylic acids is 1. The van der Waals surface area contributed by atoms with Crippen LogP contribution in [0.2, 0.25) is 0 Å². The van der Waals surface area contributed by atoms with Crippen LogP contribution in [0.1, 0.15) is 28.8 Å². The van der Waals surface area contributed by atoms with Crippen molar-refractivity contribution in [2.24, 2.45) is 5.92 Å². The van der Waals surface area contributed by atoms with E-state index in [-0.39, 0.29) is 43.3 Å². The maximum absolute atomic E-state index is 14.2. The van der Waals surface area contributed by atoms with E-state index in [4.69, 9.17) is 4.74 Å².